The maximum absolute atomic E-state index is 11.2. The zero-order chi connectivity index (χ0) is 14.8. The van der Waals surface area contributed by atoms with Crippen LogP contribution in [0.4, 0.5) is 5.69 Å². The summed E-state index contributed by atoms with van der Waals surface area (Å²) in [6.07, 6.45) is 1.78. The Morgan fingerprint density at radius 1 is 1.24 bits per heavy atom. The van der Waals surface area contributed by atoms with Gasteiger partial charge >= 0.3 is 0 Å². The van der Waals surface area contributed by atoms with E-state index in [1.165, 1.54) is 6.92 Å². The van der Waals surface area contributed by atoms with Gasteiger partial charge in [0.05, 0.1) is 29.5 Å². The van der Waals surface area contributed by atoms with E-state index in [4.69, 9.17) is 4.74 Å². The van der Waals surface area contributed by atoms with Crippen LogP contribution in [-0.2, 0) is 4.79 Å². The SMILES string of the molecule is COc1cc(-n2cnc3ccccc32)ccc1NC(C)=O. The first-order valence-electron chi connectivity index (χ1n) is 6.57. The Labute approximate surface area is 122 Å². The lowest BCUT2D eigenvalue weighted by Gasteiger charge is -2.12. The van der Waals surface area contributed by atoms with Crippen LogP contribution in [-0.4, -0.2) is 22.6 Å². The van der Waals surface area contributed by atoms with Crippen LogP contribution < -0.4 is 10.1 Å². The summed E-state index contributed by atoms with van der Waals surface area (Å²) in [6.45, 7) is 1.47. The highest BCUT2D eigenvalue weighted by molar-refractivity contribution is 5.90. The lowest BCUT2D eigenvalue weighted by molar-refractivity contribution is -0.114. The molecular formula is C16H15N3O2. The number of ether oxygens (including phenoxy) is 1. The molecule has 3 aromatic rings. The van der Waals surface area contributed by atoms with Gasteiger partial charge in [0.25, 0.3) is 0 Å². The summed E-state index contributed by atoms with van der Waals surface area (Å²) in [5.74, 6) is 0.481. The molecule has 0 saturated carbocycles. The number of hydrogen-bond acceptors (Lipinski definition) is 3. The Balaban J connectivity index is 2.09. The highest BCUT2D eigenvalue weighted by atomic mass is 16.5. The predicted octanol–water partition coefficient (Wildman–Crippen LogP) is 2.99. The molecule has 5 heteroatoms. The molecule has 0 aliphatic carbocycles. The minimum Gasteiger partial charge on any atom is -0.494 e. The Bertz CT molecular complexity index is 808. The molecule has 1 aromatic heterocycles. The third kappa shape index (κ3) is 2.45. The monoisotopic (exact) mass is 281 g/mol. The molecular weight excluding hydrogens is 266 g/mol. The standard InChI is InChI=1S/C16H15N3O2/c1-11(20)18-14-8-7-12(9-16(14)21-2)19-10-17-13-5-3-4-6-15(13)19/h3-10H,1-2H3,(H,18,20). The van der Waals surface area contributed by atoms with Crippen LogP contribution in [0.3, 0.4) is 0 Å². The van der Waals surface area contributed by atoms with Crippen LogP contribution >= 0.6 is 0 Å². The first-order chi connectivity index (χ1) is 10.2. The molecule has 0 aliphatic heterocycles. The molecule has 0 saturated heterocycles. The lowest BCUT2D eigenvalue weighted by atomic mass is 10.2. The Morgan fingerprint density at radius 2 is 2.05 bits per heavy atom. The van der Waals surface area contributed by atoms with Crippen molar-refractivity contribution in [1.29, 1.82) is 0 Å². The number of anilines is 1. The summed E-state index contributed by atoms with van der Waals surface area (Å²) >= 11 is 0. The molecule has 0 bridgehead atoms. The third-order valence-corrected chi connectivity index (χ3v) is 3.23. The molecule has 0 atom stereocenters. The third-order valence-electron chi connectivity index (χ3n) is 3.23. The van der Waals surface area contributed by atoms with Gasteiger partial charge < -0.3 is 10.1 Å². The topological polar surface area (TPSA) is 56.1 Å². The van der Waals surface area contributed by atoms with Crippen LogP contribution in [0.2, 0.25) is 0 Å². The number of carbonyl (C=O) groups excluding carboxylic acids is 1. The van der Waals surface area contributed by atoms with Gasteiger partial charge in [-0.05, 0) is 24.3 Å². The van der Waals surface area contributed by atoms with Gasteiger partial charge in [-0.1, -0.05) is 12.1 Å². The number of methoxy groups -OCH3 is 1. The number of benzene rings is 2. The number of nitrogens with one attached hydrogen (secondary N) is 1. The van der Waals surface area contributed by atoms with Gasteiger partial charge in [-0.2, -0.15) is 0 Å². The van der Waals surface area contributed by atoms with Crippen molar-refractivity contribution in [3.8, 4) is 11.4 Å². The second kappa shape index (κ2) is 5.28. The van der Waals surface area contributed by atoms with Crippen molar-refractivity contribution >= 4 is 22.6 Å². The van der Waals surface area contributed by atoms with E-state index in [0.29, 0.717) is 11.4 Å². The van der Waals surface area contributed by atoms with Crippen molar-refractivity contribution in [3.05, 3.63) is 48.8 Å². The summed E-state index contributed by atoms with van der Waals surface area (Å²) in [6, 6.07) is 13.5. The van der Waals surface area contributed by atoms with Gasteiger partial charge in [-0.25, -0.2) is 4.98 Å². The molecule has 0 unspecified atom stereocenters. The Kier molecular flexibility index (Phi) is 3.31. The number of rotatable bonds is 3. The van der Waals surface area contributed by atoms with Gasteiger partial charge in [-0.15, -0.1) is 0 Å². The van der Waals surface area contributed by atoms with E-state index < -0.39 is 0 Å². The number of hydrogen-bond donors (Lipinski definition) is 1. The van der Waals surface area contributed by atoms with Crippen LogP contribution in [0.25, 0.3) is 16.7 Å². The second-order valence-electron chi connectivity index (χ2n) is 4.67. The average molecular weight is 281 g/mol. The zero-order valence-corrected chi connectivity index (χ0v) is 11.8. The van der Waals surface area contributed by atoms with Gasteiger partial charge in [0.1, 0.15) is 12.1 Å². The van der Waals surface area contributed by atoms with Crippen LogP contribution in [0.15, 0.2) is 48.8 Å². The van der Waals surface area contributed by atoms with Crippen LogP contribution in [0, 0.1) is 0 Å². The number of aromatic nitrogens is 2. The van der Waals surface area contributed by atoms with E-state index in [0.717, 1.165) is 16.7 Å². The number of para-hydroxylation sites is 2. The van der Waals surface area contributed by atoms with Crippen molar-refractivity contribution < 1.29 is 9.53 Å². The van der Waals surface area contributed by atoms with Crippen LogP contribution in [0.1, 0.15) is 6.92 Å². The Morgan fingerprint density at radius 3 is 2.81 bits per heavy atom. The average Bonchev–Trinajstić information content (AvgIpc) is 2.91. The molecule has 5 nitrogen and oxygen atoms in total. The quantitative estimate of drug-likeness (QED) is 0.803. The largest absolute Gasteiger partial charge is 0.494 e. The van der Waals surface area contributed by atoms with E-state index in [-0.39, 0.29) is 5.91 Å². The smallest absolute Gasteiger partial charge is 0.221 e. The molecule has 0 aliphatic rings. The van der Waals surface area contributed by atoms with Crippen LogP contribution in [0.5, 0.6) is 5.75 Å². The molecule has 21 heavy (non-hydrogen) atoms. The predicted molar refractivity (Wildman–Crippen MR) is 81.9 cm³/mol. The molecule has 1 amide bonds. The van der Waals surface area contributed by atoms with Gasteiger partial charge in [0.2, 0.25) is 5.91 Å². The molecule has 2 aromatic carbocycles. The first-order valence-corrected chi connectivity index (χ1v) is 6.57. The number of fused-ring (bicyclic) bond motifs is 1. The minimum atomic E-state index is -0.130. The zero-order valence-electron chi connectivity index (χ0n) is 11.8. The summed E-state index contributed by atoms with van der Waals surface area (Å²) in [5.41, 5.74) is 3.53. The highest BCUT2D eigenvalue weighted by Gasteiger charge is 2.09. The van der Waals surface area contributed by atoms with E-state index in [1.807, 2.05) is 47.0 Å². The number of imidazole rings is 1. The van der Waals surface area contributed by atoms with Crippen molar-refractivity contribution in [3.63, 3.8) is 0 Å². The second-order valence-corrected chi connectivity index (χ2v) is 4.67. The van der Waals surface area contributed by atoms with Crippen molar-refractivity contribution in [2.24, 2.45) is 0 Å². The summed E-state index contributed by atoms with van der Waals surface area (Å²) in [4.78, 5) is 15.6. The maximum Gasteiger partial charge on any atom is 0.221 e. The molecule has 0 radical (unpaired) electrons. The van der Waals surface area contributed by atoms with Gasteiger partial charge in [0.15, 0.2) is 0 Å². The molecule has 3 rings (SSSR count). The fraction of sp³-hybridized carbons (Fsp3) is 0.125. The molecule has 106 valence electrons. The number of amides is 1. The molecule has 0 spiro atoms. The summed E-state index contributed by atoms with van der Waals surface area (Å²) < 4.78 is 7.33. The minimum absolute atomic E-state index is 0.130. The van der Waals surface area contributed by atoms with Gasteiger partial charge in [0, 0.05) is 13.0 Å². The fourth-order valence-electron chi connectivity index (χ4n) is 2.29. The summed E-state index contributed by atoms with van der Waals surface area (Å²) in [7, 11) is 1.58. The Hall–Kier alpha value is -2.82. The van der Waals surface area contributed by atoms with Crippen molar-refractivity contribution in [2.75, 3.05) is 12.4 Å². The van der Waals surface area contributed by atoms with Crippen molar-refractivity contribution in [2.45, 2.75) is 6.92 Å². The number of carbonyl (C=O) groups is 1. The van der Waals surface area contributed by atoms with Gasteiger partial charge in [-0.3, -0.25) is 9.36 Å². The van der Waals surface area contributed by atoms with E-state index in [9.17, 15) is 4.79 Å². The highest BCUT2D eigenvalue weighted by Crippen LogP contribution is 2.28. The normalized spacial score (nSPS) is 10.6. The van der Waals surface area contributed by atoms with E-state index >= 15 is 0 Å². The summed E-state index contributed by atoms with van der Waals surface area (Å²) in [5, 5.41) is 2.75. The van der Waals surface area contributed by atoms with E-state index in [2.05, 4.69) is 10.3 Å². The molecule has 0 fully saturated rings. The van der Waals surface area contributed by atoms with E-state index in [1.54, 1.807) is 13.4 Å². The molecule has 1 heterocycles. The fourth-order valence-corrected chi connectivity index (χ4v) is 2.29. The maximum atomic E-state index is 11.2. The first kappa shape index (κ1) is 13.2. The van der Waals surface area contributed by atoms with Crippen molar-refractivity contribution in [1.82, 2.24) is 9.55 Å². The molecule has 1 N–H and O–H groups in total. The lowest BCUT2D eigenvalue weighted by Crippen LogP contribution is -2.07. The number of nitrogens with zero attached hydrogens (tertiary/aromatic N) is 2.